The Morgan fingerprint density at radius 2 is 2.20 bits per heavy atom. The van der Waals surface area contributed by atoms with Crippen molar-refractivity contribution in [3.63, 3.8) is 0 Å². The Morgan fingerprint density at radius 1 is 1.30 bits per heavy atom. The maximum absolute atomic E-state index is 3.28. The van der Waals surface area contributed by atoms with Gasteiger partial charge < -0.3 is 5.32 Å². The van der Waals surface area contributed by atoms with E-state index in [1.165, 1.54) is 19.5 Å². The van der Waals surface area contributed by atoms with Crippen molar-refractivity contribution >= 4 is 0 Å². The van der Waals surface area contributed by atoms with Crippen molar-refractivity contribution in [3.05, 3.63) is 24.4 Å². The van der Waals surface area contributed by atoms with Crippen LogP contribution in [0.15, 0.2) is 24.4 Å². The third-order valence-corrected chi connectivity index (χ3v) is 2.05. The number of rotatable bonds is 1. The highest BCUT2D eigenvalue weighted by Crippen LogP contribution is 2.11. The molecule has 1 N–H and O–H groups in total. The Kier molecular flexibility index (Phi) is 1.47. The Hall–Kier alpha value is -0.760. The van der Waals surface area contributed by atoms with Crippen molar-refractivity contribution in [1.29, 1.82) is 0 Å². The summed E-state index contributed by atoms with van der Waals surface area (Å²) < 4.78 is 0. The zero-order chi connectivity index (χ0) is 6.81. The second kappa shape index (κ2) is 2.46. The summed E-state index contributed by atoms with van der Waals surface area (Å²) in [7, 11) is 0. The van der Waals surface area contributed by atoms with Gasteiger partial charge >= 0.3 is 0 Å². The molecule has 0 saturated carbocycles. The van der Waals surface area contributed by atoms with Gasteiger partial charge in [-0.3, -0.25) is 4.90 Å². The molecular formula is C8H12N2. The molecule has 0 amide bonds. The van der Waals surface area contributed by atoms with Gasteiger partial charge in [-0.15, -0.1) is 0 Å². The average molecular weight is 136 g/mol. The van der Waals surface area contributed by atoms with E-state index in [2.05, 4.69) is 22.4 Å². The third-order valence-electron chi connectivity index (χ3n) is 2.05. The van der Waals surface area contributed by atoms with Crippen LogP contribution in [0.4, 0.5) is 0 Å². The van der Waals surface area contributed by atoms with Crippen LogP contribution in [0.2, 0.25) is 0 Å². The van der Waals surface area contributed by atoms with Crippen LogP contribution in [0.5, 0.6) is 0 Å². The first-order valence-electron chi connectivity index (χ1n) is 3.80. The second-order valence-electron chi connectivity index (χ2n) is 2.75. The molecule has 0 aromatic carbocycles. The lowest BCUT2D eigenvalue weighted by atomic mass is 10.2. The van der Waals surface area contributed by atoms with Crippen molar-refractivity contribution in [2.45, 2.75) is 12.6 Å². The molecule has 0 bridgehead atoms. The molecule has 10 heavy (non-hydrogen) atoms. The van der Waals surface area contributed by atoms with Crippen molar-refractivity contribution < 1.29 is 0 Å². The maximum atomic E-state index is 3.28. The molecule has 0 radical (unpaired) electrons. The van der Waals surface area contributed by atoms with E-state index < -0.39 is 0 Å². The van der Waals surface area contributed by atoms with Crippen LogP contribution in [0.1, 0.15) is 6.42 Å². The van der Waals surface area contributed by atoms with Crippen LogP contribution in [-0.4, -0.2) is 24.2 Å². The zero-order valence-corrected chi connectivity index (χ0v) is 5.96. The van der Waals surface area contributed by atoms with Crippen LogP contribution in [-0.2, 0) is 0 Å². The highest BCUT2D eigenvalue weighted by molar-refractivity contribution is 5.12. The minimum atomic E-state index is 0.471. The molecule has 1 fully saturated rings. The average Bonchev–Trinajstić information content (AvgIpc) is 1.86. The Balaban J connectivity index is 1.92. The highest BCUT2D eigenvalue weighted by Gasteiger charge is 2.20. The quantitative estimate of drug-likeness (QED) is 0.570. The standard InChI is InChI=1S/C8H12N2/c1-2-5-9-8(4-1)10-6-3-7-10/h1-2,4-5,8-9H,3,6-7H2. The Bertz CT molecular complexity index is 168. The van der Waals surface area contributed by atoms with Crippen LogP contribution in [0, 0.1) is 0 Å². The summed E-state index contributed by atoms with van der Waals surface area (Å²) in [5.41, 5.74) is 0. The molecule has 1 unspecified atom stereocenters. The van der Waals surface area contributed by atoms with Gasteiger partial charge in [0.25, 0.3) is 0 Å². The van der Waals surface area contributed by atoms with E-state index in [-0.39, 0.29) is 0 Å². The molecule has 1 atom stereocenters. The van der Waals surface area contributed by atoms with Gasteiger partial charge in [-0.1, -0.05) is 6.08 Å². The van der Waals surface area contributed by atoms with Gasteiger partial charge in [0.1, 0.15) is 0 Å². The van der Waals surface area contributed by atoms with Crippen molar-refractivity contribution in [2.24, 2.45) is 0 Å². The van der Waals surface area contributed by atoms with E-state index in [1.54, 1.807) is 0 Å². The Morgan fingerprint density at radius 3 is 2.70 bits per heavy atom. The van der Waals surface area contributed by atoms with Gasteiger partial charge in [0.15, 0.2) is 0 Å². The number of likely N-dealkylation sites (tertiary alicyclic amines) is 1. The fourth-order valence-corrected chi connectivity index (χ4v) is 1.28. The first-order valence-corrected chi connectivity index (χ1v) is 3.80. The molecule has 0 spiro atoms. The summed E-state index contributed by atoms with van der Waals surface area (Å²) in [6.07, 6.45) is 10.1. The minimum absolute atomic E-state index is 0.471. The van der Waals surface area contributed by atoms with E-state index in [9.17, 15) is 0 Å². The number of hydrogen-bond acceptors (Lipinski definition) is 2. The van der Waals surface area contributed by atoms with E-state index in [1.807, 2.05) is 12.3 Å². The van der Waals surface area contributed by atoms with E-state index in [4.69, 9.17) is 0 Å². The fraction of sp³-hybridized carbons (Fsp3) is 0.500. The summed E-state index contributed by atoms with van der Waals surface area (Å²) in [5.74, 6) is 0. The molecule has 54 valence electrons. The van der Waals surface area contributed by atoms with Gasteiger partial charge in [0.05, 0.1) is 6.17 Å². The fourth-order valence-electron chi connectivity index (χ4n) is 1.28. The number of nitrogens with zero attached hydrogens (tertiary/aromatic N) is 1. The van der Waals surface area contributed by atoms with E-state index >= 15 is 0 Å². The van der Waals surface area contributed by atoms with Gasteiger partial charge in [0.2, 0.25) is 0 Å². The number of nitrogens with one attached hydrogen (secondary N) is 1. The normalized spacial score (nSPS) is 31.4. The smallest absolute Gasteiger partial charge is 0.0984 e. The third kappa shape index (κ3) is 0.948. The monoisotopic (exact) mass is 136 g/mol. The van der Waals surface area contributed by atoms with Gasteiger partial charge in [0, 0.05) is 13.1 Å². The second-order valence-corrected chi connectivity index (χ2v) is 2.75. The van der Waals surface area contributed by atoms with Gasteiger partial charge in [-0.2, -0.15) is 0 Å². The summed E-state index contributed by atoms with van der Waals surface area (Å²) >= 11 is 0. The first-order chi connectivity index (χ1) is 4.97. The summed E-state index contributed by atoms with van der Waals surface area (Å²) in [6.45, 7) is 2.49. The lowest BCUT2D eigenvalue weighted by Gasteiger charge is -2.37. The molecule has 2 heterocycles. The van der Waals surface area contributed by atoms with Crippen molar-refractivity contribution in [2.75, 3.05) is 13.1 Å². The molecule has 0 aliphatic carbocycles. The molecule has 1 saturated heterocycles. The summed E-state index contributed by atoms with van der Waals surface area (Å²) in [5, 5.41) is 3.28. The van der Waals surface area contributed by atoms with Crippen LogP contribution in [0.3, 0.4) is 0 Å². The van der Waals surface area contributed by atoms with Crippen LogP contribution < -0.4 is 5.32 Å². The molecule has 2 nitrogen and oxygen atoms in total. The lowest BCUT2D eigenvalue weighted by Crippen LogP contribution is -2.50. The van der Waals surface area contributed by atoms with E-state index in [0.29, 0.717) is 6.17 Å². The molecular weight excluding hydrogens is 124 g/mol. The summed E-state index contributed by atoms with van der Waals surface area (Å²) in [6, 6.07) is 0. The Labute approximate surface area is 61.2 Å². The molecule has 2 heteroatoms. The van der Waals surface area contributed by atoms with Crippen LogP contribution >= 0.6 is 0 Å². The van der Waals surface area contributed by atoms with Crippen molar-refractivity contribution in [3.8, 4) is 0 Å². The summed E-state index contributed by atoms with van der Waals surface area (Å²) in [4.78, 5) is 2.42. The van der Waals surface area contributed by atoms with Crippen molar-refractivity contribution in [1.82, 2.24) is 10.2 Å². The predicted molar refractivity (Wildman–Crippen MR) is 41.4 cm³/mol. The molecule has 2 aliphatic rings. The van der Waals surface area contributed by atoms with Crippen LogP contribution in [0.25, 0.3) is 0 Å². The largest absolute Gasteiger partial charge is 0.372 e. The lowest BCUT2D eigenvalue weighted by molar-refractivity contribution is 0.131. The topological polar surface area (TPSA) is 15.3 Å². The predicted octanol–water partition coefficient (Wildman–Crippen LogP) is 0.691. The van der Waals surface area contributed by atoms with E-state index in [0.717, 1.165) is 0 Å². The minimum Gasteiger partial charge on any atom is -0.372 e. The first kappa shape index (κ1) is 5.98. The molecule has 0 aromatic heterocycles. The molecule has 2 rings (SSSR count). The maximum Gasteiger partial charge on any atom is 0.0984 e. The number of allylic oxidation sites excluding steroid dienone is 2. The van der Waals surface area contributed by atoms with Gasteiger partial charge in [-0.25, -0.2) is 0 Å². The molecule has 2 aliphatic heterocycles. The zero-order valence-electron chi connectivity index (χ0n) is 5.96. The highest BCUT2D eigenvalue weighted by atomic mass is 15.3. The van der Waals surface area contributed by atoms with Gasteiger partial charge in [-0.05, 0) is 24.8 Å². The molecule has 0 aromatic rings. The SMILES string of the molecule is C1=CNC(N2CCC2)C=C1. The number of hydrogen-bond donors (Lipinski definition) is 1. The number of dihydropyridines is 1.